The van der Waals surface area contributed by atoms with E-state index in [9.17, 15) is 4.79 Å². The van der Waals surface area contributed by atoms with Gasteiger partial charge < -0.3 is 10.4 Å². The van der Waals surface area contributed by atoms with Crippen LogP contribution >= 0.6 is 0 Å². The van der Waals surface area contributed by atoms with E-state index in [1.54, 1.807) is 0 Å². The maximum atomic E-state index is 10.9. The largest absolute Gasteiger partial charge is 0.394 e. The Morgan fingerprint density at radius 1 is 1.40 bits per heavy atom. The van der Waals surface area contributed by atoms with E-state index >= 15 is 0 Å². The quantitative estimate of drug-likeness (QED) is 0.375. The van der Waals surface area contributed by atoms with E-state index in [1.807, 2.05) is 0 Å². The van der Waals surface area contributed by atoms with Gasteiger partial charge in [-0.15, -0.1) is 0 Å². The second kappa shape index (κ2) is 6.50. The third-order valence-corrected chi connectivity index (χ3v) is 1.62. The zero-order valence-electron chi connectivity index (χ0n) is 8.16. The van der Waals surface area contributed by atoms with Crippen molar-refractivity contribution in [3.05, 3.63) is 20.9 Å². The Morgan fingerprint density at radius 2 is 1.87 bits per heavy atom. The van der Waals surface area contributed by atoms with Gasteiger partial charge in [0.15, 0.2) is 0 Å². The first-order chi connectivity index (χ1) is 7.10. The SMILES string of the molecule is CC(=O)NC(CO)(CN=[N+]=[N-])CN=[N+]=[N-]. The average Bonchev–Trinajstić information content (AvgIpc) is 2.22. The second-order valence-corrected chi connectivity index (χ2v) is 2.90. The molecule has 0 aliphatic carbocycles. The molecule has 0 bridgehead atoms. The Kier molecular flexibility index (Phi) is 5.65. The number of nitrogens with one attached hydrogen (secondary N) is 1. The number of azide groups is 2. The van der Waals surface area contributed by atoms with Crippen LogP contribution in [0.4, 0.5) is 0 Å². The van der Waals surface area contributed by atoms with Crippen LogP contribution in [-0.4, -0.2) is 36.2 Å². The number of carbonyl (C=O) groups is 1. The number of hydrogen-bond acceptors (Lipinski definition) is 4. The van der Waals surface area contributed by atoms with Crippen LogP contribution in [0.1, 0.15) is 6.92 Å². The number of aliphatic hydroxyl groups excluding tert-OH is 1. The van der Waals surface area contributed by atoms with Crippen molar-refractivity contribution in [1.29, 1.82) is 0 Å². The van der Waals surface area contributed by atoms with Crippen molar-refractivity contribution >= 4 is 5.91 Å². The van der Waals surface area contributed by atoms with Crippen LogP contribution in [0.25, 0.3) is 20.9 Å². The van der Waals surface area contributed by atoms with E-state index in [4.69, 9.17) is 16.2 Å². The van der Waals surface area contributed by atoms with Gasteiger partial charge in [-0.3, -0.25) is 4.79 Å². The topological polar surface area (TPSA) is 147 Å². The zero-order valence-corrected chi connectivity index (χ0v) is 8.16. The summed E-state index contributed by atoms with van der Waals surface area (Å²) in [5.41, 5.74) is 15.1. The molecule has 0 rings (SSSR count). The van der Waals surface area contributed by atoms with E-state index in [0.29, 0.717) is 0 Å². The molecular formula is C6H11N7O2. The molecule has 0 saturated heterocycles. The third kappa shape index (κ3) is 4.72. The summed E-state index contributed by atoms with van der Waals surface area (Å²) in [5.74, 6) is -0.412. The first-order valence-electron chi connectivity index (χ1n) is 4.01. The Hall–Kier alpha value is -1.95. The maximum Gasteiger partial charge on any atom is 0.217 e. The highest BCUT2D eigenvalue weighted by Crippen LogP contribution is 2.06. The summed E-state index contributed by atoms with van der Waals surface area (Å²) in [5, 5.41) is 18.0. The molecule has 0 radical (unpaired) electrons. The summed E-state index contributed by atoms with van der Waals surface area (Å²) in [6.07, 6.45) is 0. The minimum absolute atomic E-state index is 0.182. The summed E-state index contributed by atoms with van der Waals surface area (Å²) in [6.45, 7) is 0.401. The molecule has 0 unspecified atom stereocenters. The van der Waals surface area contributed by atoms with Gasteiger partial charge in [-0.25, -0.2) is 0 Å². The summed E-state index contributed by atoms with van der Waals surface area (Å²) in [7, 11) is 0. The van der Waals surface area contributed by atoms with Gasteiger partial charge in [-0.1, -0.05) is 10.2 Å². The molecule has 0 spiro atoms. The van der Waals surface area contributed by atoms with Crippen molar-refractivity contribution in [1.82, 2.24) is 5.32 Å². The van der Waals surface area contributed by atoms with Crippen LogP contribution in [-0.2, 0) is 4.79 Å². The Labute approximate surface area is 85.3 Å². The van der Waals surface area contributed by atoms with Gasteiger partial charge in [0.2, 0.25) is 5.91 Å². The van der Waals surface area contributed by atoms with Gasteiger partial charge in [0, 0.05) is 16.7 Å². The van der Waals surface area contributed by atoms with E-state index in [-0.39, 0.29) is 13.1 Å². The third-order valence-electron chi connectivity index (χ3n) is 1.62. The van der Waals surface area contributed by atoms with Crippen molar-refractivity contribution < 1.29 is 9.90 Å². The zero-order chi connectivity index (χ0) is 11.7. The average molecular weight is 213 g/mol. The number of hydrogen-bond donors (Lipinski definition) is 2. The molecule has 0 heterocycles. The number of nitrogens with zero attached hydrogens (tertiary/aromatic N) is 6. The number of carbonyl (C=O) groups excluding carboxylic acids is 1. The monoisotopic (exact) mass is 213 g/mol. The molecule has 0 aliphatic heterocycles. The number of amides is 1. The lowest BCUT2D eigenvalue weighted by Crippen LogP contribution is -2.55. The molecule has 0 aromatic carbocycles. The first kappa shape index (κ1) is 13.1. The summed E-state index contributed by atoms with van der Waals surface area (Å²) < 4.78 is 0. The van der Waals surface area contributed by atoms with E-state index in [1.165, 1.54) is 6.92 Å². The van der Waals surface area contributed by atoms with Gasteiger partial charge in [0.05, 0.1) is 25.2 Å². The molecule has 0 aromatic heterocycles. The van der Waals surface area contributed by atoms with Gasteiger partial charge in [0.25, 0.3) is 0 Å². The van der Waals surface area contributed by atoms with Crippen LogP contribution in [0.2, 0.25) is 0 Å². The summed E-state index contributed by atoms with van der Waals surface area (Å²) >= 11 is 0. The first-order valence-corrected chi connectivity index (χ1v) is 4.01. The van der Waals surface area contributed by atoms with Crippen LogP contribution < -0.4 is 5.32 Å². The molecule has 0 saturated carbocycles. The van der Waals surface area contributed by atoms with Crippen molar-refractivity contribution in [2.24, 2.45) is 10.2 Å². The van der Waals surface area contributed by atoms with Gasteiger partial charge in [-0.2, -0.15) is 0 Å². The molecule has 82 valence electrons. The molecule has 0 atom stereocenters. The minimum Gasteiger partial charge on any atom is -0.394 e. The Bertz CT molecular complexity index is 287. The van der Waals surface area contributed by atoms with Crippen LogP contribution in [0.5, 0.6) is 0 Å². The van der Waals surface area contributed by atoms with Gasteiger partial charge in [0.1, 0.15) is 0 Å². The molecule has 9 nitrogen and oxygen atoms in total. The predicted molar refractivity (Wildman–Crippen MR) is 51.7 cm³/mol. The molecule has 0 fully saturated rings. The molecular weight excluding hydrogens is 202 g/mol. The van der Waals surface area contributed by atoms with Gasteiger partial charge >= 0.3 is 0 Å². The molecule has 0 aliphatic rings. The smallest absolute Gasteiger partial charge is 0.217 e. The van der Waals surface area contributed by atoms with Crippen molar-refractivity contribution in [2.75, 3.05) is 19.7 Å². The Balaban J connectivity index is 4.79. The van der Waals surface area contributed by atoms with Crippen molar-refractivity contribution in [2.45, 2.75) is 12.5 Å². The standard InChI is InChI=1S/C6H11N7O2/c1-5(15)11-6(4-14,2-9-12-7)3-10-13-8/h14H,2-4H2,1H3,(H,11,15). The highest BCUT2D eigenvalue weighted by molar-refractivity contribution is 5.74. The van der Waals surface area contributed by atoms with Crippen molar-refractivity contribution in [3.63, 3.8) is 0 Å². The minimum atomic E-state index is -1.22. The fraction of sp³-hybridized carbons (Fsp3) is 0.833. The van der Waals surface area contributed by atoms with E-state index < -0.39 is 18.1 Å². The van der Waals surface area contributed by atoms with Crippen LogP contribution in [0.3, 0.4) is 0 Å². The summed E-state index contributed by atoms with van der Waals surface area (Å²) in [4.78, 5) is 15.9. The molecule has 0 aromatic rings. The molecule has 15 heavy (non-hydrogen) atoms. The highest BCUT2D eigenvalue weighted by atomic mass is 16.3. The van der Waals surface area contributed by atoms with Gasteiger partial charge in [-0.05, 0) is 11.1 Å². The lowest BCUT2D eigenvalue weighted by molar-refractivity contribution is -0.121. The lowest BCUT2D eigenvalue weighted by Gasteiger charge is -2.29. The van der Waals surface area contributed by atoms with E-state index in [0.717, 1.165) is 0 Å². The van der Waals surface area contributed by atoms with Crippen molar-refractivity contribution in [3.8, 4) is 0 Å². The van der Waals surface area contributed by atoms with Crippen LogP contribution in [0.15, 0.2) is 10.2 Å². The molecule has 1 amide bonds. The number of aliphatic hydroxyl groups is 1. The molecule has 2 N–H and O–H groups in total. The second-order valence-electron chi connectivity index (χ2n) is 2.90. The normalized spacial score (nSPS) is 12.9. The van der Waals surface area contributed by atoms with E-state index in [2.05, 4.69) is 25.4 Å². The Morgan fingerprint density at radius 3 is 2.13 bits per heavy atom. The maximum absolute atomic E-state index is 10.9. The predicted octanol–water partition coefficient (Wildman–Crippen LogP) is 0.474. The number of rotatable bonds is 6. The fourth-order valence-electron chi connectivity index (χ4n) is 0.976. The summed E-state index contributed by atoms with van der Waals surface area (Å²) in [6, 6.07) is 0. The highest BCUT2D eigenvalue weighted by Gasteiger charge is 2.28. The fourth-order valence-corrected chi connectivity index (χ4v) is 0.976. The van der Waals surface area contributed by atoms with Crippen LogP contribution in [0, 0.1) is 0 Å². The molecule has 9 heteroatoms. The lowest BCUT2D eigenvalue weighted by atomic mass is 10.0.